The summed E-state index contributed by atoms with van der Waals surface area (Å²) in [4.78, 5) is 0. The van der Waals surface area contributed by atoms with Gasteiger partial charge in [-0.05, 0) is 37.5 Å². The molecule has 16 heavy (non-hydrogen) atoms. The Morgan fingerprint density at radius 3 is 2.62 bits per heavy atom. The highest BCUT2D eigenvalue weighted by molar-refractivity contribution is 5.29. The Morgan fingerprint density at radius 1 is 1.31 bits per heavy atom. The van der Waals surface area contributed by atoms with E-state index in [-0.39, 0.29) is 12.2 Å². The number of benzene rings is 1. The molecule has 2 rings (SSSR count). The number of hydrogen-bond donors (Lipinski definition) is 1. The van der Waals surface area contributed by atoms with Crippen LogP contribution in [0.1, 0.15) is 31.4 Å². The monoisotopic (exact) mass is 221 g/mol. The van der Waals surface area contributed by atoms with Gasteiger partial charge in [-0.25, -0.2) is 0 Å². The topological polar surface area (TPSA) is 44.5 Å². The summed E-state index contributed by atoms with van der Waals surface area (Å²) in [6.45, 7) is 3.31. The molecule has 1 aliphatic heterocycles. The van der Waals surface area contributed by atoms with E-state index in [1.165, 1.54) is 5.56 Å². The summed E-state index contributed by atoms with van der Waals surface area (Å²) >= 11 is 0. The third-order valence-electron chi connectivity index (χ3n) is 2.93. The smallest absolute Gasteiger partial charge is 0.119 e. The van der Waals surface area contributed by atoms with Crippen LogP contribution in [0.15, 0.2) is 24.3 Å². The number of hydrogen-bond acceptors (Lipinski definition) is 3. The fourth-order valence-corrected chi connectivity index (χ4v) is 2.07. The van der Waals surface area contributed by atoms with Crippen LogP contribution in [0.5, 0.6) is 5.75 Å². The molecule has 1 saturated heterocycles. The molecule has 1 fully saturated rings. The van der Waals surface area contributed by atoms with E-state index < -0.39 is 0 Å². The molecular formula is C13H19NO2. The lowest BCUT2D eigenvalue weighted by molar-refractivity contribution is 0.0498. The second kappa shape index (κ2) is 5.32. The van der Waals surface area contributed by atoms with Crippen molar-refractivity contribution in [1.29, 1.82) is 0 Å². The Kier molecular flexibility index (Phi) is 3.80. The van der Waals surface area contributed by atoms with Gasteiger partial charge in [0, 0.05) is 6.54 Å². The van der Waals surface area contributed by atoms with Crippen molar-refractivity contribution in [3.05, 3.63) is 29.8 Å². The van der Waals surface area contributed by atoms with Gasteiger partial charge in [-0.1, -0.05) is 12.1 Å². The van der Waals surface area contributed by atoms with Crippen molar-refractivity contribution in [2.24, 2.45) is 5.73 Å². The molecule has 1 aromatic rings. The molecule has 0 aromatic heterocycles. The van der Waals surface area contributed by atoms with Crippen LogP contribution in [-0.4, -0.2) is 19.3 Å². The SMILES string of the molecule is CCOc1ccc([C@@H]2CC[C@H](CN)O2)cc1. The molecule has 0 saturated carbocycles. The summed E-state index contributed by atoms with van der Waals surface area (Å²) in [5.74, 6) is 0.916. The van der Waals surface area contributed by atoms with E-state index in [0.717, 1.165) is 18.6 Å². The zero-order valence-corrected chi connectivity index (χ0v) is 9.69. The van der Waals surface area contributed by atoms with Crippen molar-refractivity contribution in [2.75, 3.05) is 13.2 Å². The number of ether oxygens (including phenoxy) is 2. The fourth-order valence-electron chi connectivity index (χ4n) is 2.07. The van der Waals surface area contributed by atoms with Crippen LogP contribution < -0.4 is 10.5 Å². The Hall–Kier alpha value is -1.06. The van der Waals surface area contributed by atoms with Crippen molar-refractivity contribution < 1.29 is 9.47 Å². The molecule has 0 spiro atoms. The van der Waals surface area contributed by atoms with Gasteiger partial charge in [-0.3, -0.25) is 0 Å². The zero-order chi connectivity index (χ0) is 11.4. The first-order valence-electron chi connectivity index (χ1n) is 5.91. The Balaban J connectivity index is 1.99. The molecule has 0 unspecified atom stereocenters. The van der Waals surface area contributed by atoms with E-state index in [9.17, 15) is 0 Å². The lowest BCUT2D eigenvalue weighted by Gasteiger charge is -2.13. The fraction of sp³-hybridized carbons (Fsp3) is 0.538. The standard InChI is InChI=1S/C13H19NO2/c1-2-15-11-5-3-10(4-6-11)13-8-7-12(9-14)16-13/h3-6,12-13H,2,7-9,14H2,1H3/t12-,13+/m1/s1. The second-order valence-corrected chi connectivity index (χ2v) is 4.06. The van der Waals surface area contributed by atoms with Crippen LogP contribution in [0.25, 0.3) is 0 Å². The van der Waals surface area contributed by atoms with E-state index in [1.54, 1.807) is 0 Å². The van der Waals surface area contributed by atoms with Crippen molar-refractivity contribution in [1.82, 2.24) is 0 Å². The van der Waals surface area contributed by atoms with E-state index >= 15 is 0 Å². The maximum atomic E-state index is 5.83. The highest BCUT2D eigenvalue weighted by Gasteiger charge is 2.25. The van der Waals surface area contributed by atoms with Crippen molar-refractivity contribution >= 4 is 0 Å². The lowest BCUT2D eigenvalue weighted by Crippen LogP contribution is -2.18. The predicted octanol–water partition coefficient (Wildman–Crippen LogP) is 2.26. The summed E-state index contributed by atoms with van der Waals surface area (Å²) in [5.41, 5.74) is 6.81. The van der Waals surface area contributed by atoms with E-state index in [1.807, 2.05) is 19.1 Å². The summed E-state index contributed by atoms with van der Waals surface area (Å²) in [5, 5.41) is 0. The van der Waals surface area contributed by atoms with Gasteiger partial charge in [0.15, 0.2) is 0 Å². The largest absolute Gasteiger partial charge is 0.494 e. The molecule has 0 amide bonds. The Labute approximate surface area is 96.5 Å². The minimum atomic E-state index is 0.212. The van der Waals surface area contributed by atoms with Gasteiger partial charge in [-0.2, -0.15) is 0 Å². The van der Waals surface area contributed by atoms with Gasteiger partial charge >= 0.3 is 0 Å². The predicted molar refractivity (Wildman–Crippen MR) is 63.5 cm³/mol. The van der Waals surface area contributed by atoms with Gasteiger partial charge in [0.1, 0.15) is 5.75 Å². The van der Waals surface area contributed by atoms with Crippen LogP contribution in [-0.2, 0) is 4.74 Å². The van der Waals surface area contributed by atoms with Gasteiger partial charge in [0.05, 0.1) is 18.8 Å². The van der Waals surface area contributed by atoms with Crippen LogP contribution >= 0.6 is 0 Å². The molecule has 2 atom stereocenters. The molecular weight excluding hydrogens is 202 g/mol. The minimum absolute atomic E-state index is 0.212. The maximum Gasteiger partial charge on any atom is 0.119 e. The van der Waals surface area contributed by atoms with E-state index in [2.05, 4.69) is 12.1 Å². The van der Waals surface area contributed by atoms with Crippen molar-refractivity contribution in [3.63, 3.8) is 0 Å². The normalized spacial score (nSPS) is 24.6. The van der Waals surface area contributed by atoms with Crippen LogP contribution in [0.3, 0.4) is 0 Å². The minimum Gasteiger partial charge on any atom is -0.494 e. The number of rotatable bonds is 4. The molecule has 0 bridgehead atoms. The van der Waals surface area contributed by atoms with Crippen molar-refractivity contribution in [2.45, 2.75) is 32.0 Å². The summed E-state index contributed by atoms with van der Waals surface area (Å²) in [6.07, 6.45) is 2.57. The average molecular weight is 221 g/mol. The number of nitrogens with two attached hydrogens (primary N) is 1. The van der Waals surface area contributed by atoms with Gasteiger partial charge in [-0.15, -0.1) is 0 Å². The quantitative estimate of drug-likeness (QED) is 0.848. The first-order valence-corrected chi connectivity index (χ1v) is 5.91. The van der Waals surface area contributed by atoms with Crippen LogP contribution in [0.2, 0.25) is 0 Å². The summed E-state index contributed by atoms with van der Waals surface area (Å²) in [6, 6.07) is 8.15. The second-order valence-electron chi connectivity index (χ2n) is 4.06. The third-order valence-corrected chi connectivity index (χ3v) is 2.93. The highest BCUT2D eigenvalue weighted by atomic mass is 16.5. The molecule has 3 heteroatoms. The average Bonchev–Trinajstić information content (AvgIpc) is 2.79. The van der Waals surface area contributed by atoms with Gasteiger partial charge in [0.25, 0.3) is 0 Å². The Morgan fingerprint density at radius 2 is 2.06 bits per heavy atom. The zero-order valence-electron chi connectivity index (χ0n) is 9.69. The molecule has 1 aromatic carbocycles. The Bertz CT molecular complexity index is 323. The molecule has 1 heterocycles. The first kappa shape index (κ1) is 11.4. The maximum absolute atomic E-state index is 5.83. The third kappa shape index (κ3) is 2.54. The molecule has 1 aliphatic rings. The van der Waals surface area contributed by atoms with E-state index in [4.69, 9.17) is 15.2 Å². The van der Waals surface area contributed by atoms with Crippen LogP contribution in [0.4, 0.5) is 0 Å². The summed E-state index contributed by atoms with van der Waals surface area (Å²) in [7, 11) is 0. The first-order chi connectivity index (χ1) is 7.83. The summed E-state index contributed by atoms with van der Waals surface area (Å²) < 4.78 is 11.2. The van der Waals surface area contributed by atoms with Gasteiger partial charge < -0.3 is 15.2 Å². The van der Waals surface area contributed by atoms with E-state index in [0.29, 0.717) is 13.2 Å². The van der Waals surface area contributed by atoms with Crippen molar-refractivity contribution in [3.8, 4) is 5.75 Å². The highest BCUT2D eigenvalue weighted by Crippen LogP contribution is 2.32. The molecule has 0 aliphatic carbocycles. The lowest BCUT2D eigenvalue weighted by atomic mass is 10.1. The molecule has 88 valence electrons. The van der Waals surface area contributed by atoms with Crippen LogP contribution in [0, 0.1) is 0 Å². The van der Waals surface area contributed by atoms with Gasteiger partial charge in [0.2, 0.25) is 0 Å². The molecule has 3 nitrogen and oxygen atoms in total. The molecule has 2 N–H and O–H groups in total. The molecule has 0 radical (unpaired) electrons.